The first-order valence-electron chi connectivity index (χ1n) is 6.16. The van der Waals surface area contributed by atoms with Crippen molar-refractivity contribution >= 4 is 56.2 Å². The summed E-state index contributed by atoms with van der Waals surface area (Å²) in [7, 11) is 1.62. The molecule has 0 bridgehead atoms. The van der Waals surface area contributed by atoms with Crippen LogP contribution in [0.4, 0.5) is 5.69 Å². The summed E-state index contributed by atoms with van der Waals surface area (Å²) in [4.78, 5) is 11.8. The number of hydrogen-bond acceptors (Lipinski definition) is 2. The number of benzene rings is 2. The number of hydrogen-bond donors (Lipinski definition) is 1. The largest absolute Gasteiger partial charge is 0.496 e. The van der Waals surface area contributed by atoms with Crippen LogP contribution in [-0.4, -0.2) is 13.0 Å². The van der Waals surface area contributed by atoms with E-state index in [0.717, 1.165) is 25.0 Å². The molecule has 3 nitrogen and oxygen atoms in total. The molecule has 1 N–H and O–H groups in total. The Labute approximate surface area is 145 Å². The van der Waals surface area contributed by atoms with Gasteiger partial charge in [0.05, 0.1) is 11.6 Å². The number of carbonyl (C=O) groups is 1. The third-order valence-electron chi connectivity index (χ3n) is 2.71. The SMILES string of the molecule is COc1ccc(C=CC(=O)Nc2ccc(I)cc2)cc1Br. The van der Waals surface area contributed by atoms with Crippen molar-refractivity contribution in [3.8, 4) is 5.75 Å². The van der Waals surface area contributed by atoms with Crippen molar-refractivity contribution in [2.75, 3.05) is 12.4 Å². The summed E-state index contributed by atoms with van der Waals surface area (Å²) in [6.07, 6.45) is 3.26. The lowest BCUT2D eigenvalue weighted by atomic mass is 10.2. The number of amides is 1. The van der Waals surface area contributed by atoms with Crippen LogP contribution in [0.25, 0.3) is 6.08 Å². The summed E-state index contributed by atoms with van der Waals surface area (Å²) in [5.41, 5.74) is 1.70. The molecule has 0 atom stereocenters. The van der Waals surface area contributed by atoms with Crippen LogP contribution in [0.1, 0.15) is 5.56 Å². The number of rotatable bonds is 4. The van der Waals surface area contributed by atoms with Crippen molar-refractivity contribution in [2.24, 2.45) is 0 Å². The smallest absolute Gasteiger partial charge is 0.248 e. The average Bonchev–Trinajstić information content (AvgIpc) is 2.48. The Morgan fingerprint density at radius 2 is 1.95 bits per heavy atom. The molecule has 0 aromatic heterocycles. The normalized spacial score (nSPS) is 10.6. The Morgan fingerprint density at radius 1 is 1.24 bits per heavy atom. The predicted molar refractivity (Wildman–Crippen MR) is 97.5 cm³/mol. The Balaban J connectivity index is 2.01. The van der Waals surface area contributed by atoms with Crippen LogP contribution in [0.3, 0.4) is 0 Å². The molecule has 0 heterocycles. The molecular formula is C16H13BrINO2. The highest BCUT2D eigenvalue weighted by Crippen LogP contribution is 2.25. The van der Waals surface area contributed by atoms with Crippen LogP contribution in [0, 0.1) is 3.57 Å². The lowest BCUT2D eigenvalue weighted by molar-refractivity contribution is -0.111. The zero-order valence-electron chi connectivity index (χ0n) is 11.3. The fourth-order valence-corrected chi connectivity index (χ4v) is 2.59. The van der Waals surface area contributed by atoms with Crippen molar-refractivity contribution in [1.82, 2.24) is 0 Å². The second kappa shape index (κ2) is 7.61. The van der Waals surface area contributed by atoms with E-state index in [0.29, 0.717) is 0 Å². The Hall–Kier alpha value is -1.34. The Bertz CT molecular complexity index is 668. The van der Waals surface area contributed by atoms with Crippen molar-refractivity contribution in [3.05, 3.63) is 62.1 Å². The van der Waals surface area contributed by atoms with Gasteiger partial charge in [-0.2, -0.15) is 0 Å². The molecule has 0 saturated carbocycles. The summed E-state index contributed by atoms with van der Waals surface area (Å²) in [6, 6.07) is 13.3. The van der Waals surface area contributed by atoms with Gasteiger partial charge in [-0.15, -0.1) is 0 Å². The van der Waals surface area contributed by atoms with Gasteiger partial charge in [0.15, 0.2) is 0 Å². The van der Waals surface area contributed by atoms with Gasteiger partial charge in [0.2, 0.25) is 5.91 Å². The minimum absolute atomic E-state index is 0.164. The molecule has 0 unspecified atom stereocenters. The highest BCUT2D eigenvalue weighted by atomic mass is 127. The molecule has 1 amide bonds. The third-order valence-corrected chi connectivity index (χ3v) is 4.05. The van der Waals surface area contributed by atoms with Gasteiger partial charge in [-0.05, 0) is 86.6 Å². The van der Waals surface area contributed by atoms with Gasteiger partial charge in [0.1, 0.15) is 5.75 Å². The maximum absolute atomic E-state index is 11.8. The zero-order valence-corrected chi connectivity index (χ0v) is 15.0. The fraction of sp³-hybridized carbons (Fsp3) is 0.0625. The molecule has 2 aromatic carbocycles. The summed E-state index contributed by atoms with van der Waals surface area (Å²) in [5, 5.41) is 2.81. The van der Waals surface area contributed by atoms with Crippen molar-refractivity contribution < 1.29 is 9.53 Å². The van der Waals surface area contributed by atoms with Crippen molar-refractivity contribution in [3.63, 3.8) is 0 Å². The van der Waals surface area contributed by atoms with Crippen LogP contribution in [0.15, 0.2) is 53.0 Å². The molecule has 0 saturated heterocycles. The van der Waals surface area contributed by atoms with Crippen LogP contribution in [-0.2, 0) is 4.79 Å². The van der Waals surface area contributed by atoms with E-state index >= 15 is 0 Å². The standard InChI is InChI=1S/C16H13BrINO2/c1-21-15-8-2-11(10-14(15)17)3-9-16(20)19-13-6-4-12(18)5-7-13/h2-10H,1H3,(H,19,20). The number of nitrogens with one attached hydrogen (secondary N) is 1. The van der Waals surface area contributed by atoms with E-state index in [2.05, 4.69) is 43.8 Å². The molecule has 2 aromatic rings. The number of halogens is 2. The number of ether oxygens (including phenoxy) is 1. The molecule has 0 fully saturated rings. The molecule has 0 aliphatic carbocycles. The number of methoxy groups -OCH3 is 1. The van der Waals surface area contributed by atoms with Gasteiger partial charge >= 0.3 is 0 Å². The first kappa shape index (κ1) is 16.0. The highest BCUT2D eigenvalue weighted by molar-refractivity contribution is 14.1. The monoisotopic (exact) mass is 457 g/mol. The number of anilines is 1. The van der Waals surface area contributed by atoms with Crippen LogP contribution in [0.2, 0.25) is 0 Å². The van der Waals surface area contributed by atoms with E-state index in [9.17, 15) is 4.79 Å². The first-order valence-corrected chi connectivity index (χ1v) is 8.04. The topological polar surface area (TPSA) is 38.3 Å². The maximum Gasteiger partial charge on any atom is 0.248 e. The minimum Gasteiger partial charge on any atom is -0.496 e. The molecule has 0 spiro atoms. The van der Waals surface area contributed by atoms with E-state index in [4.69, 9.17) is 4.74 Å². The minimum atomic E-state index is -0.164. The van der Waals surface area contributed by atoms with Gasteiger partial charge in [-0.3, -0.25) is 4.79 Å². The van der Waals surface area contributed by atoms with Crippen LogP contribution >= 0.6 is 38.5 Å². The molecule has 0 radical (unpaired) electrons. The van der Waals surface area contributed by atoms with Crippen molar-refractivity contribution in [1.29, 1.82) is 0 Å². The second-order valence-electron chi connectivity index (χ2n) is 4.22. The molecule has 5 heteroatoms. The lowest BCUT2D eigenvalue weighted by Crippen LogP contribution is -2.07. The summed E-state index contributed by atoms with van der Waals surface area (Å²) >= 11 is 5.64. The van der Waals surface area contributed by atoms with Gasteiger partial charge < -0.3 is 10.1 Å². The molecule has 0 aliphatic heterocycles. The predicted octanol–water partition coefficient (Wildman–Crippen LogP) is 4.71. The van der Waals surface area contributed by atoms with Gasteiger partial charge in [-0.1, -0.05) is 6.07 Å². The lowest BCUT2D eigenvalue weighted by Gasteiger charge is -2.04. The molecule has 0 aliphatic rings. The number of carbonyl (C=O) groups excluding carboxylic acids is 1. The summed E-state index contributed by atoms with van der Waals surface area (Å²) in [6.45, 7) is 0. The molecule has 108 valence electrons. The zero-order chi connectivity index (χ0) is 15.2. The maximum atomic E-state index is 11.8. The molecule has 21 heavy (non-hydrogen) atoms. The van der Waals surface area contributed by atoms with E-state index in [-0.39, 0.29) is 5.91 Å². The summed E-state index contributed by atoms with van der Waals surface area (Å²) < 4.78 is 7.14. The second-order valence-corrected chi connectivity index (χ2v) is 6.32. The van der Waals surface area contributed by atoms with Crippen LogP contribution < -0.4 is 10.1 Å². The van der Waals surface area contributed by atoms with E-state index in [1.54, 1.807) is 13.2 Å². The first-order chi connectivity index (χ1) is 10.1. The van der Waals surface area contributed by atoms with Crippen molar-refractivity contribution in [2.45, 2.75) is 0 Å². The van der Waals surface area contributed by atoms with Crippen LogP contribution in [0.5, 0.6) is 5.75 Å². The Morgan fingerprint density at radius 3 is 2.57 bits per heavy atom. The van der Waals surface area contributed by atoms with Gasteiger partial charge in [0.25, 0.3) is 0 Å². The quantitative estimate of drug-likeness (QED) is 0.533. The van der Waals surface area contributed by atoms with E-state index in [1.165, 1.54) is 6.08 Å². The summed E-state index contributed by atoms with van der Waals surface area (Å²) in [5.74, 6) is 0.596. The third kappa shape index (κ3) is 4.86. The molecular weight excluding hydrogens is 445 g/mol. The molecule has 2 rings (SSSR count). The van der Waals surface area contributed by atoms with E-state index in [1.807, 2.05) is 42.5 Å². The average molecular weight is 458 g/mol. The fourth-order valence-electron chi connectivity index (χ4n) is 1.68. The highest BCUT2D eigenvalue weighted by Gasteiger charge is 2.01. The Kier molecular flexibility index (Phi) is 5.81. The van der Waals surface area contributed by atoms with E-state index < -0.39 is 0 Å². The van der Waals surface area contributed by atoms with Gasteiger partial charge in [0, 0.05) is 15.3 Å². The van der Waals surface area contributed by atoms with Gasteiger partial charge in [-0.25, -0.2) is 0 Å².